The molecule has 0 atom stereocenters. The van der Waals surface area contributed by atoms with Gasteiger partial charge >= 0.3 is 0 Å². The summed E-state index contributed by atoms with van der Waals surface area (Å²) in [6, 6.07) is 16.0. The second-order valence-electron chi connectivity index (χ2n) is 5.20. The lowest BCUT2D eigenvalue weighted by atomic mass is 10.0. The van der Waals surface area contributed by atoms with Gasteiger partial charge in [0.2, 0.25) is 0 Å². The molecule has 0 aliphatic carbocycles. The molecule has 3 nitrogen and oxygen atoms in total. The number of benzene rings is 2. The van der Waals surface area contributed by atoms with Gasteiger partial charge in [0.05, 0.1) is 6.61 Å². The molecule has 0 spiro atoms. The summed E-state index contributed by atoms with van der Waals surface area (Å²) in [6.45, 7) is 5.12. The first kappa shape index (κ1) is 15.4. The number of rotatable bonds is 7. The fourth-order valence-electron chi connectivity index (χ4n) is 2.00. The summed E-state index contributed by atoms with van der Waals surface area (Å²) in [5.41, 5.74) is 2.45. The molecule has 0 heterocycles. The zero-order chi connectivity index (χ0) is 15.1. The quantitative estimate of drug-likeness (QED) is 0.842. The topological polar surface area (TPSA) is 38.7 Å². The summed E-state index contributed by atoms with van der Waals surface area (Å²) >= 11 is 0. The summed E-state index contributed by atoms with van der Waals surface area (Å²) in [4.78, 5) is 0. The van der Waals surface area contributed by atoms with E-state index in [1.165, 1.54) is 5.56 Å². The van der Waals surface area contributed by atoms with Crippen LogP contribution in [0.25, 0.3) is 0 Å². The fraction of sp³-hybridized carbons (Fsp3) is 0.333. The monoisotopic (exact) mass is 286 g/mol. The van der Waals surface area contributed by atoms with Crippen molar-refractivity contribution in [1.82, 2.24) is 0 Å². The van der Waals surface area contributed by atoms with Crippen molar-refractivity contribution in [3.05, 3.63) is 59.7 Å². The molecule has 2 aromatic rings. The maximum atomic E-state index is 8.83. The lowest BCUT2D eigenvalue weighted by Crippen LogP contribution is -2.04. The van der Waals surface area contributed by atoms with Gasteiger partial charge in [0.1, 0.15) is 13.2 Å². The smallest absolute Gasteiger partial charge is 0.161 e. The van der Waals surface area contributed by atoms with Gasteiger partial charge in [-0.25, -0.2) is 0 Å². The maximum Gasteiger partial charge on any atom is 0.161 e. The van der Waals surface area contributed by atoms with Crippen LogP contribution in [-0.2, 0) is 6.61 Å². The van der Waals surface area contributed by atoms with Gasteiger partial charge in [0.15, 0.2) is 11.5 Å². The van der Waals surface area contributed by atoms with Gasteiger partial charge < -0.3 is 14.6 Å². The Morgan fingerprint density at radius 3 is 2.10 bits per heavy atom. The Kier molecular flexibility index (Phi) is 5.64. The lowest BCUT2D eigenvalue weighted by molar-refractivity contribution is 0.192. The van der Waals surface area contributed by atoms with Crippen LogP contribution in [0.5, 0.6) is 11.5 Å². The maximum absolute atomic E-state index is 8.83. The molecule has 0 bridgehead atoms. The van der Waals surface area contributed by atoms with Crippen molar-refractivity contribution in [2.24, 2.45) is 0 Å². The standard InChI is InChI=1S/C18H22O3/c1-14(2)16-9-7-15(8-10-16)13-21-18-6-4-3-5-17(18)20-12-11-19/h3-10,14,19H,11-13H2,1-2H3. The summed E-state index contributed by atoms with van der Waals surface area (Å²) in [6.07, 6.45) is 0. The summed E-state index contributed by atoms with van der Waals surface area (Å²) in [5, 5.41) is 8.83. The zero-order valence-corrected chi connectivity index (χ0v) is 12.6. The molecule has 0 unspecified atom stereocenters. The zero-order valence-electron chi connectivity index (χ0n) is 12.6. The van der Waals surface area contributed by atoms with Crippen LogP contribution in [0.1, 0.15) is 30.9 Å². The number of para-hydroxylation sites is 2. The Bertz CT molecular complexity index is 547. The third kappa shape index (κ3) is 4.50. The van der Waals surface area contributed by atoms with E-state index in [4.69, 9.17) is 14.6 Å². The molecular formula is C18H22O3. The Morgan fingerprint density at radius 1 is 0.905 bits per heavy atom. The molecule has 2 rings (SSSR count). The third-order valence-electron chi connectivity index (χ3n) is 3.24. The van der Waals surface area contributed by atoms with Crippen LogP contribution >= 0.6 is 0 Å². The highest BCUT2D eigenvalue weighted by Crippen LogP contribution is 2.27. The predicted molar refractivity (Wildman–Crippen MR) is 83.9 cm³/mol. The fourth-order valence-corrected chi connectivity index (χ4v) is 2.00. The molecule has 21 heavy (non-hydrogen) atoms. The molecule has 112 valence electrons. The molecule has 0 fully saturated rings. The molecule has 0 radical (unpaired) electrons. The molecule has 0 saturated heterocycles. The van der Waals surface area contributed by atoms with Gasteiger partial charge in [-0.3, -0.25) is 0 Å². The van der Waals surface area contributed by atoms with Crippen LogP contribution in [0, 0.1) is 0 Å². The van der Waals surface area contributed by atoms with E-state index in [0.717, 1.165) is 5.56 Å². The van der Waals surface area contributed by atoms with Crippen molar-refractivity contribution in [2.75, 3.05) is 13.2 Å². The average molecular weight is 286 g/mol. The van der Waals surface area contributed by atoms with E-state index in [0.29, 0.717) is 24.0 Å². The molecular weight excluding hydrogens is 264 g/mol. The van der Waals surface area contributed by atoms with Gasteiger partial charge in [0.25, 0.3) is 0 Å². The molecule has 1 N–H and O–H groups in total. The lowest BCUT2D eigenvalue weighted by Gasteiger charge is -2.12. The van der Waals surface area contributed by atoms with Gasteiger partial charge in [-0.1, -0.05) is 50.2 Å². The van der Waals surface area contributed by atoms with E-state index in [1.807, 2.05) is 24.3 Å². The van der Waals surface area contributed by atoms with Gasteiger partial charge in [-0.15, -0.1) is 0 Å². The Hall–Kier alpha value is -2.00. The number of hydrogen-bond donors (Lipinski definition) is 1. The van der Waals surface area contributed by atoms with Crippen molar-refractivity contribution < 1.29 is 14.6 Å². The number of hydrogen-bond acceptors (Lipinski definition) is 3. The first-order valence-electron chi connectivity index (χ1n) is 7.25. The Labute approximate surface area is 126 Å². The van der Waals surface area contributed by atoms with Crippen molar-refractivity contribution in [3.63, 3.8) is 0 Å². The van der Waals surface area contributed by atoms with E-state index in [2.05, 4.69) is 38.1 Å². The molecule has 0 amide bonds. The van der Waals surface area contributed by atoms with E-state index < -0.39 is 0 Å². The van der Waals surface area contributed by atoms with E-state index in [1.54, 1.807) is 0 Å². The highest BCUT2D eigenvalue weighted by atomic mass is 16.5. The van der Waals surface area contributed by atoms with Gasteiger partial charge in [-0.05, 0) is 29.2 Å². The van der Waals surface area contributed by atoms with Crippen LogP contribution in [0.4, 0.5) is 0 Å². The highest BCUT2D eigenvalue weighted by Gasteiger charge is 2.05. The second kappa shape index (κ2) is 7.70. The molecule has 0 saturated carbocycles. The van der Waals surface area contributed by atoms with Crippen molar-refractivity contribution in [1.29, 1.82) is 0 Å². The van der Waals surface area contributed by atoms with Crippen LogP contribution in [0.15, 0.2) is 48.5 Å². The van der Waals surface area contributed by atoms with Crippen LogP contribution < -0.4 is 9.47 Å². The van der Waals surface area contributed by atoms with Crippen molar-refractivity contribution in [2.45, 2.75) is 26.4 Å². The highest BCUT2D eigenvalue weighted by molar-refractivity contribution is 5.39. The summed E-state index contributed by atoms with van der Waals surface area (Å²) < 4.78 is 11.3. The normalized spacial score (nSPS) is 10.7. The minimum absolute atomic E-state index is 0.00893. The van der Waals surface area contributed by atoms with E-state index in [9.17, 15) is 0 Å². The number of aliphatic hydroxyl groups excluding tert-OH is 1. The molecule has 0 aliphatic heterocycles. The van der Waals surface area contributed by atoms with Crippen LogP contribution in [-0.4, -0.2) is 18.3 Å². The number of aliphatic hydroxyl groups is 1. The molecule has 2 aromatic carbocycles. The number of ether oxygens (including phenoxy) is 2. The van der Waals surface area contributed by atoms with E-state index >= 15 is 0 Å². The second-order valence-corrected chi connectivity index (χ2v) is 5.20. The first-order valence-corrected chi connectivity index (χ1v) is 7.25. The minimum Gasteiger partial charge on any atom is -0.487 e. The molecule has 3 heteroatoms. The molecule has 0 aromatic heterocycles. The Balaban J connectivity index is 1.99. The largest absolute Gasteiger partial charge is 0.487 e. The predicted octanol–water partition coefficient (Wildman–Crippen LogP) is 3.76. The first-order chi connectivity index (χ1) is 10.2. The third-order valence-corrected chi connectivity index (χ3v) is 3.24. The van der Waals surface area contributed by atoms with Crippen LogP contribution in [0.2, 0.25) is 0 Å². The van der Waals surface area contributed by atoms with Crippen LogP contribution in [0.3, 0.4) is 0 Å². The van der Waals surface area contributed by atoms with Gasteiger partial charge in [0, 0.05) is 0 Å². The average Bonchev–Trinajstić information content (AvgIpc) is 2.52. The minimum atomic E-state index is -0.00893. The van der Waals surface area contributed by atoms with Gasteiger partial charge in [-0.2, -0.15) is 0 Å². The SMILES string of the molecule is CC(C)c1ccc(COc2ccccc2OCCO)cc1. The molecule has 0 aliphatic rings. The Morgan fingerprint density at radius 2 is 1.52 bits per heavy atom. The summed E-state index contributed by atoms with van der Waals surface area (Å²) in [5.74, 6) is 1.89. The van der Waals surface area contributed by atoms with Crippen molar-refractivity contribution in [3.8, 4) is 11.5 Å². The summed E-state index contributed by atoms with van der Waals surface area (Å²) in [7, 11) is 0. The van der Waals surface area contributed by atoms with Crippen molar-refractivity contribution >= 4 is 0 Å². The van der Waals surface area contributed by atoms with E-state index in [-0.39, 0.29) is 13.2 Å².